The van der Waals surface area contributed by atoms with Crippen molar-refractivity contribution >= 4 is 17.5 Å². The third-order valence-corrected chi connectivity index (χ3v) is 2.38. The SMILES string of the molecule is CNC(=O)C1(C)C(=O)CCC1=O. The lowest BCUT2D eigenvalue weighted by molar-refractivity contribution is -0.144. The van der Waals surface area contributed by atoms with Gasteiger partial charge in [0.05, 0.1) is 0 Å². The topological polar surface area (TPSA) is 63.2 Å². The monoisotopic (exact) mass is 169 g/mol. The summed E-state index contributed by atoms with van der Waals surface area (Å²) in [7, 11) is 1.42. The van der Waals surface area contributed by atoms with E-state index in [4.69, 9.17) is 0 Å². The van der Waals surface area contributed by atoms with Crippen molar-refractivity contribution in [3.05, 3.63) is 0 Å². The third-order valence-electron chi connectivity index (χ3n) is 2.38. The number of nitrogens with one attached hydrogen (secondary N) is 1. The fourth-order valence-electron chi connectivity index (χ4n) is 1.39. The molecule has 0 aromatic heterocycles. The average Bonchev–Trinajstić information content (AvgIpc) is 2.32. The first kappa shape index (κ1) is 8.90. The average molecular weight is 169 g/mol. The van der Waals surface area contributed by atoms with E-state index in [0.29, 0.717) is 0 Å². The smallest absolute Gasteiger partial charge is 0.240 e. The molecule has 0 spiro atoms. The quantitative estimate of drug-likeness (QED) is 0.547. The summed E-state index contributed by atoms with van der Waals surface area (Å²) in [5.41, 5.74) is -1.41. The van der Waals surface area contributed by atoms with Gasteiger partial charge in [0.2, 0.25) is 5.91 Å². The Balaban J connectivity index is 3.02. The van der Waals surface area contributed by atoms with Crippen LogP contribution in [0.2, 0.25) is 0 Å². The van der Waals surface area contributed by atoms with Gasteiger partial charge < -0.3 is 5.32 Å². The van der Waals surface area contributed by atoms with Gasteiger partial charge in [-0.3, -0.25) is 14.4 Å². The van der Waals surface area contributed by atoms with Gasteiger partial charge in [0, 0.05) is 19.9 Å². The second kappa shape index (κ2) is 2.69. The fraction of sp³-hybridized carbons (Fsp3) is 0.625. The van der Waals surface area contributed by atoms with E-state index in [9.17, 15) is 14.4 Å². The van der Waals surface area contributed by atoms with Gasteiger partial charge in [0.25, 0.3) is 0 Å². The number of amides is 1. The Bertz CT molecular complexity index is 241. The zero-order chi connectivity index (χ0) is 9.35. The predicted octanol–water partition coefficient (Wildman–Crippen LogP) is -0.329. The minimum atomic E-state index is -1.41. The molecular formula is C8H11NO3. The van der Waals surface area contributed by atoms with Crippen molar-refractivity contribution in [3.63, 3.8) is 0 Å². The molecule has 4 heteroatoms. The highest BCUT2D eigenvalue weighted by atomic mass is 16.2. The lowest BCUT2D eigenvalue weighted by Gasteiger charge is -2.17. The van der Waals surface area contributed by atoms with Crippen LogP contribution in [0.25, 0.3) is 0 Å². The van der Waals surface area contributed by atoms with Gasteiger partial charge in [-0.1, -0.05) is 0 Å². The molecule has 0 unspecified atom stereocenters. The van der Waals surface area contributed by atoms with Crippen LogP contribution >= 0.6 is 0 Å². The van der Waals surface area contributed by atoms with E-state index in [-0.39, 0.29) is 24.4 Å². The van der Waals surface area contributed by atoms with E-state index in [1.54, 1.807) is 0 Å². The van der Waals surface area contributed by atoms with Crippen LogP contribution in [-0.2, 0) is 14.4 Å². The summed E-state index contributed by atoms with van der Waals surface area (Å²) in [5, 5.41) is 2.33. The first-order chi connectivity index (χ1) is 5.53. The third kappa shape index (κ3) is 0.948. The maximum atomic E-state index is 11.2. The van der Waals surface area contributed by atoms with Crippen molar-refractivity contribution in [2.24, 2.45) is 5.41 Å². The van der Waals surface area contributed by atoms with Gasteiger partial charge in [-0.15, -0.1) is 0 Å². The van der Waals surface area contributed by atoms with Crippen LogP contribution in [0.4, 0.5) is 0 Å². The van der Waals surface area contributed by atoms with Crippen molar-refractivity contribution < 1.29 is 14.4 Å². The summed E-state index contributed by atoms with van der Waals surface area (Å²) < 4.78 is 0. The van der Waals surface area contributed by atoms with Gasteiger partial charge in [-0.05, 0) is 6.92 Å². The molecule has 0 saturated heterocycles. The number of rotatable bonds is 1. The Hall–Kier alpha value is -1.19. The van der Waals surface area contributed by atoms with Crippen molar-refractivity contribution in [1.29, 1.82) is 0 Å². The molecule has 4 nitrogen and oxygen atoms in total. The number of hydrogen-bond acceptors (Lipinski definition) is 3. The summed E-state index contributed by atoms with van der Waals surface area (Å²) in [4.78, 5) is 33.7. The highest BCUT2D eigenvalue weighted by Gasteiger charge is 2.50. The molecule has 1 aliphatic rings. The molecule has 1 rings (SSSR count). The normalized spacial score (nSPS) is 21.2. The summed E-state index contributed by atoms with van der Waals surface area (Å²) in [6.45, 7) is 1.39. The molecule has 0 atom stereocenters. The molecule has 1 aliphatic carbocycles. The molecule has 66 valence electrons. The molecule has 0 aliphatic heterocycles. The van der Waals surface area contributed by atoms with Gasteiger partial charge in [0.15, 0.2) is 17.0 Å². The van der Waals surface area contributed by atoms with Gasteiger partial charge in [-0.25, -0.2) is 0 Å². The second-order valence-corrected chi connectivity index (χ2v) is 3.05. The van der Waals surface area contributed by atoms with E-state index in [1.165, 1.54) is 14.0 Å². The first-order valence-corrected chi connectivity index (χ1v) is 3.82. The van der Waals surface area contributed by atoms with E-state index >= 15 is 0 Å². The minimum Gasteiger partial charge on any atom is -0.358 e. The molecule has 1 fully saturated rings. The number of carbonyl (C=O) groups is 3. The van der Waals surface area contributed by atoms with Crippen molar-refractivity contribution in [2.45, 2.75) is 19.8 Å². The molecule has 12 heavy (non-hydrogen) atoms. The molecule has 0 aromatic carbocycles. The lowest BCUT2D eigenvalue weighted by atomic mass is 9.86. The molecule has 1 saturated carbocycles. The maximum Gasteiger partial charge on any atom is 0.240 e. The van der Waals surface area contributed by atoms with E-state index in [0.717, 1.165) is 0 Å². The van der Waals surface area contributed by atoms with Crippen LogP contribution < -0.4 is 5.32 Å². The van der Waals surface area contributed by atoms with Gasteiger partial charge in [-0.2, -0.15) is 0 Å². The Kier molecular flexibility index (Phi) is 2.00. The van der Waals surface area contributed by atoms with E-state index < -0.39 is 11.3 Å². The number of ketones is 2. The molecule has 0 bridgehead atoms. The fourth-order valence-corrected chi connectivity index (χ4v) is 1.39. The maximum absolute atomic E-state index is 11.2. The van der Waals surface area contributed by atoms with Crippen LogP contribution in [-0.4, -0.2) is 24.5 Å². The predicted molar refractivity (Wildman–Crippen MR) is 41.4 cm³/mol. The van der Waals surface area contributed by atoms with Crippen molar-refractivity contribution in [2.75, 3.05) is 7.05 Å². The lowest BCUT2D eigenvalue weighted by Crippen LogP contribution is -2.44. The van der Waals surface area contributed by atoms with Crippen LogP contribution in [0, 0.1) is 5.41 Å². The number of carbonyl (C=O) groups excluding carboxylic acids is 3. The number of Topliss-reactive ketones (excluding diaryl/α,β-unsaturated/α-hetero) is 2. The Morgan fingerprint density at radius 2 is 1.75 bits per heavy atom. The summed E-state index contributed by atoms with van der Waals surface area (Å²) in [5.74, 6) is -1.03. The highest BCUT2D eigenvalue weighted by Crippen LogP contribution is 2.30. The zero-order valence-corrected chi connectivity index (χ0v) is 7.14. The number of hydrogen-bond donors (Lipinski definition) is 1. The first-order valence-electron chi connectivity index (χ1n) is 3.82. The van der Waals surface area contributed by atoms with Crippen LogP contribution in [0.1, 0.15) is 19.8 Å². The molecule has 0 radical (unpaired) electrons. The zero-order valence-electron chi connectivity index (χ0n) is 7.14. The van der Waals surface area contributed by atoms with Crippen LogP contribution in [0.15, 0.2) is 0 Å². The molecular weight excluding hydrogens is 158 g/mol. The van der Waals surface area contributed by atoms with Crippen molar-refractivity contribution in [3.8, 4) is 0 Å². The molecule has 0 heterocycles. The molecule has 1 amide bonds. The summed E-state index contributed by atoms with van der Waals surface area (Å²) in [6, 6.07) is 0. The van der Waals surface area contributed by atoms with E-state index in [2.05, 4.69) is 5.32 Å². The summed E-state index contributed by atoms with van der Waals surface area (Å²) >= 11 is 0. The minimum absolute atomic E-state index is 0.197. The van der Waals surface area contributed by atoms with Crippen LogP contribution in [0.5, 0.6) is 0 Å². The molecule has 1 N–H and O–H groups in total. The summed E-state index contributed by atoms with van der Waals surface area (Å²) in [6.07, 6.45) is 0.394. The van der Waals surface area contributed by atoms with Crippen molar-refractivity contribution in [1.82, 2.24) is 5.32 Å². The van der Waals surface area contributed by atoms with Gasteiger partial charge >= 0.3 is 0 Å². The highest BCUT2D eigenvalue weighted by molar-refractivity contribution is 6.27. The standard InChI is InChI=1S/C8H11NO3/c1-8(7(12)9-2)5(10)3-4-6(8)11/h3-4H2,1-2H3,(H,9,12). The Labute approximate surface area is 70.3 Å². The largest absolute Gasteiger partial charge is 0.358 e. The Morgan fingerprint density at radius 1 is 1.33 bits per heavy atom. The van der Waals surface area contributed by atoms with E-state index in [1.807, 2.05) is 0 Å². The Morgan fingerprint density at radius 3 is 2.08 bits per heavy atom. The molecule has 0 aromatic rings. The van der Waals surface area contributed by atoms with Gasteiger partial charge in [0.1, 0.15) is 0 Å². The second-order valence-electron chi connectivity index (χ2n) is 3.05. The van der Waals surface area contributed by atoms with Crippen LogP contribution in [0.3, 0.4) is 0 Å².